The highest BCUT2D eigenvalue weighted by atomic mass is 16.3. The highest BCUT2D eigenvalue weighted by Gasteiger charge is 2.46. The summed E-state index contributed by atoms with van der Waals surface area (Å²) in [5, 5.41) is 7.30. The lowest BCUT2D eigenvalue weighted by Gasteiger charge is -2.34. The molecule has 242 valence electrons. The molecular weight excluding hydrogens is 629 g/mol. The van der Waals surface area contributed by atoms with Gasteiger partial charge in [-0.05, 0) is 114 Å². The molecule has 1 heteroatoms. The number of para-hydroxylation sites is 1. The van der Waals surface area contributed by atoms with Crippen molar-refractivity contribution in [2.45, 2.75) is 5.41 Å². The van der Waals surface area contributed by atoms with Crippen LogP contribution in [0.25, 0.3) is 76.9 Å². The molecule has 0 fully saturated rings. The molecule has 52 heavy (non-hydrogen) atoms. The Morgan fingerprint density at radius 1 is 0.327 bits per heavy atom. The highest BCUT2D eigenvalue weighted by Crippen LogP contribution is 2.58. The monoisotopic (exact) mass is 660 g/mol. The maximum atomic E-state index is 6.08. The zero-order valence-corrected chi connectivity index (χ0v) is 28.4. The maximum Gasteiger partial charge on any atom is 0.135 e. The van der Waals surface area contributed by atoms with Crippen molar-refractivity contribution < 1.29 is 4.42 Å². The Bertz CT molecular complexity index is 2960. The van der Waals surface area contributed by atoms with E-state index in [2.05, 4.69) is 182 Å². The third-order valence-corrected chi connectivity index (χ3v) is 11.3. The topological polar surface area (TPSA) is 13.1 Å². The van der Waals surface area contributed by atoms with Crippen molar-refractivity contribution in [1.82, 2.24) is 0 Å². The quantitative estimate of drug-likeness (QED) is 0.183. The van der Waals surface area contributed by atoms with Crippen LogP contribution in [0.15, 0.2) is 199 Å². The lowest BCUT2D eigenvalue weighted by molar-refractivity contribution is 0.669. The van der Waals surface area contributed by atoms with Gasteiger partial charge in [0.15, 0.2) is 0 Å². The van der Waals surface area contributed by atoms with Crippen LogP contribution in [0.5, 0.6) is 0 Å². The van der Waals surface area contributed by atoms with Gasteiger partial charge in [-0.2, -0.15) is 0 Å². The van der Waals surface area contributed by atoms with E-state index >= 15 is 0 Å². The summed E-state index contributed by atoms with van der Waals surface area (Å²) >= 11 is 0. The van der Waals surface area contributed by atoms with E-state index in [1.54, 1.807) is 0 Å². The Kier molecular flexibility index (Phi) is 6.23. The van der Waals surface area contributed by atoms with Crippen LogP contribution in [-0.2, 0) is 5.41 Å². The minimum atomic E-state index is -0.425. The molecule has 0 spiro atoms. The molecule has 1 heterocycles. The molecule has 1 aromatic heterocycles. The molecule has 0 saturated heterocycles. The summed E-state index contributed by atoms with van der Waals surface area (Å²) in [4.78, 5) is 0. The van der Waals surface area contributed by atoms with Gasteiger partial charge in [-0.15, -0.1) is 0 Å². The Balaban J connectivity index is 1.03. The first kappa shape index (κ1) is 29.1. The van der Waals surface area contributed by atoms with E-state index in [0.29, 0.717) is 0 Å². The molecule has 0 aliphatic heterocycles. The Morgan fingerprint density at radius 2 is 0.865 bits per heavy atom. The van der Waals surface area contributed by atoms with Crippen LogP contribution in [-0.4, -0.2) is 0 Å². The standard InChI is InChI=1S/C51H32O/c1-3-11-40(12-4-1)51(41-13-5-2-6-14-41)47-17-9-7-15-43(47)45-27-24-39-31-37(23-26-42(39)50(45)51)35-20-19-34-30-36(22-21-33(34)29-35)38-25-28-49-46(32-38)44-16-8-10-18-48(44)52-49/h1-32H. The third kappa shape index (κ3) is 4.17. The molecule has 9 aromatic carbocycles. The zero-order chi connectivity index (χ0) is 34.2. The maximum absolute atomic E-state index is 6.08. The number of hydrogen-bond donors (Lipinski definition) is 0. The molecule has 0 unspecified atom stereocenters. The third-order valence-electron chi connectivity index (χ3n) is 11.3. The van der Waals surface area contributed by atoms with Crippen LogP contribution < -0.4 is 0 Å². The highest BCUT2D eigenvalue weighted by molar-refractivity contribution is 6.07. The van der Waals surface area contributed by atoms with Crippen molar-refractivity contribution in [1.29, 1.82) is 0 Å². The van der Waals surface area contributed by atoms with Gasteiger partial charge in [0.2, 0.25) is 0 Å². The van der Waals surface area contributed by atoms with E-state index in [1.807, 2.05) is 12.1 Å². The van der Waals surface area contributed by atoms with E-state index in [4.69, 9.17) is 4.42 Å². The Hall–Kier alpha value is -6.70. The zero-order valence-electron chi connectivity index (χ0n) is 28.4. The van der Waals surface area contributed by atoms with Crippen LogP contribution in [0.3, 0.4) is 0 Å². The predicted octanol–water partition coefficient (Wildman–Crippen LogP) is 13.6. The van der Waals surface area contributed by atoms with E-state index in [1.165, 1.54) is 77.2 Å². The minimum Gasteiger partial charge on any atom is -0.456 e. The summed E-state index contributed by atoms with van der Waals surface area (Å²) in [6, 6.07) is 71.2. The molecule has 0 saturated carbocycles. The Morgan fingerprint density at radius 3 is 1.60 bits per heavy atom. The lowest BCUT2D eigenvalue weighted by Crippen LogP contribution is -2.28. The van der Waals surface area contributed by atoms with E-state index in [9.17, 15) is 0 Å². The number of fused-ring (bicyclic) bond motifs is 9. The van der Waals surface area contributed by atoms with Gasteiger partial charge in [0.1, 0.15) is 11.2 Å². The van der Waals surface area contributed by atoms with Crippen molar-refractivity contribution in [2.24, 2.45) is 0 Å². The minimum absolute atomic E-state index is 0.425. The van der Waals surface area contributed by atoms with Gasteiger partial charge in [-0.25, -0.2) is 0 Å². The fourth-order valence-corrected chi connectivity index (χ4v) is 8.97. The fraction of sp³-hybridized carbons (Fsp3) is 0.0196. The van der Waals surface area contributed by atoms with Gasteiger partial charge in [-0.1, -0.05) is 158 Å². The number of benzene rings is 9. The molecule has 0 bridgehead atoms. The fourth-order valence-electron chi connectivity index (χ4n) is 8.97. The van der Waals surface area contributed by atoms with Crippen LogP contribution >= 0.6 is 0 Å². The summed E-state index contributed by atoms with van der Waals surface area (Å²) in [6.45, 7) is 0. The first-order valence-electron chi connectivity index (χ1n) is 18.0. The van der Waals surface area contributed by atoms with Gasteiger partial charge in [0.25, 0.3) is 0 Å². The normalized spacial score (nSPS) is 13.2. The number of hydrogen-bond acceptors (Lipinski definition) is 1. The van der Waals surface area contributed by atoms with Crippen LogP contribution in [0.2, 0.25) is 0 Å². The number of furan rings is 1. The van der Waals surface area contributed by atoms with Crippen LogP contribution in [0, 0.1) is 0 Å². The smallest absolute Gasteiger partial charge is 0.135 e. The summed E-state index contributed by atoms with van der Waals surface area (Å²) in [5.74, 6) is 0. The van der Waals surface area contributed by atoms with Crippen molar-refractivity contribution in [3.05, 3.63) is 216 Å². The van der Waals surface area contributed by atoms with Gasteiger partial charge in [0.05, 0.1) is 5.41 Å². The predicted molar refractivity (Wildman–Crippen MR) is 217 cm³/mol. The van der Waals surface area contributed by atoms with Crippen LogP contribution in [0.1, 0.15) is 22.3 Å². The Labute approximate surface area is 302 Å². The second kappa shape index (κ2) is 11.2. The largest absolute Gasteiger partial charge is 0.456 e. The average molecular weight is 661 g/mol. The molecule has 11 rings (SSSR count). The molecule has 10 aromatic rings. The van der Waals surface area contributed by atoms with E-state index in [0.717, 1.165) is 21.9 Å². The summed E-state index contributed by atoms with van der Waals surface area (Å²) < 4.78 is 6.08. The van der Waals surface area contributed by atoms with Gasteiger partial charge < -0.3 is 4.42 Å². The average Bonchev–Trinajstić information content (AvgIpc) is 3.75. The molecule has 1 nitrogen and oxygen atoms in total. The second-order valence-corrected chi connectivity index (χ2v) is 14.0. The molecule has 0 radical (unpaired) electrons. The summed E-state index contributed by atoms with van der Waals surface area (Å²) in [7, 11) is 0. The molecule has 0 atom stereocenters. The SMILES string of the molecule is c1ccc(C2(c3ccccc3)c3ccccc3-c3ccc4cc(-c5ccc6cc(-c7ccc8oc9ccccc9c8c7)ccc6c5)ccc4c32)cc1. The van der Waals surface area contributed by atoms with Crippen LogP contribution in [0.4, 0.5) is 0 Å². The summed E-state index contributed by atoms with van der Waals surface area (Å²) in [5.41, 5.74) is 14.1. The molecule has 0 N–H and O–H groups in total. The molecular formula is C51H32O. The van der Waals surface area contributed by atoms with E-state index in [-0.39, 0.29) is 0 Å². The lowest BCUT2D eigenvalue weighted by atomic mass is 9.66. The van der Waals surface area contributed by atoms with Gasteiger partial charge in [0, 0.05) is 10.8 Å². The van der Waals surface area contributed by atoms with E-state index < -0.39 is 5.41 Å². The molecule has 1 aliphatic carbocycles. The van der Waals surface area contributed by atoms with Crippen molar-refractivity contribution >= 4 is 43.5 Å². The first-order valence-corrected chi connectivity index (χ1v) is 18.0. The second-order valence-electron chi connectivity index (χ2n) is 14.0. The molecule has 1 aliphatic rings. The number of rotatable bonds is 4. The van der Waals surface area contributed by atoms with Gasteiger partial charge >= 0.3 is 0 Å². The van der Waals surface area contributed by atoms with Crippen molar-refractivity contribution in [3.63, 3.8) is 0 Å². The molecule has 0 amide bonds. The summed E-state index contributed by atoms with van der Waals surface area (Å²) in [6.07, 6.45) is 0. The first-order chi connectivity index (χ1) is 25.8. The van der Waals surface area contributed by atoms with Crippen molar-refractivity contribution in [3.8, 4) is 33.4 Å². The van der Waals surface area contributed by atoms with Gasteiger partial charge in [-0.3, -0.25) is 0 Å². The van der Waals surface area contributed by atoms with Crippen molar-refractivity contribution in [2.75, 3.05) is 0 Å².